The third kappa shape index (κ3) is 3.48. The van der Waals surface area contributed by atoms with E-state index in [9.17, 15) is 4.79 Å². The van der Waals surface area contributed by atoms with E-state index in [0.29, 0.717) is 5.13 Å². The van der Waals surface area contributed by atoms with Crippen LogP contribution in [-0.4, -0.2) is 10.9 Å². The van der Waals surface area contributed by atoms with Crippen LogP contribution in [0.3, 0.4) is 0 Å². The first-order valence-electron chi connectivity index (χ1n) is 7.45. The molecule has 0 aliphatic carbocycles. The maximum Gasteiger partial charge on any atom is 0.250 e. The van der Waals surface area contributed by atoms with Crippen molar-refractivity contribution in [3.05, 3.63) is 64.7 Å². The predicted molar refractivity (Wildman–Crippen MR) is 97.9 cm³/mol. The number of hydrogen-bond acceptors (Lipinski definition) is 3. The summed E-state index contributed by atoms with van der Waals surface area (Å²) < 4.78 is 1.09. The summed E-state index contributed by atoms with van der Waals surface area (Å²) in [6.07, 6.45) is 3.34. The first-order valence-corrected chi connectivity index (χ1v) is 8.27. The molecule has 0 unspecified atom stereocenters. The van der Waals surface area contributed by atoms with E-state index in [-0.39, 0.29) is 5.91 Å². The second-order valence-electron chi connectivity index (χ2n) is 5.61. The van der Waals surface area contributed by atoms with Crippen molar-refractivity contribution in [1.82, 2.24) is 4.98 Å². The third-order valence-electron chi connectivity index (χ3n) is 3.82. The Labute approximate surface area is 139 Å². The van der Waals surface area contributed by atoms with Crippen LogP contribution in [-0.2, 0) is 4.79 Å². The van der Waals surface area contributed by atoms with Crippen LogP contribution in [0.1, 0.15) is 22.3 Å². The van der Waals surface area contributed by atoms with Crippen LogP contribution in [0.2, 0.25) is 0 Å². The zero-order chi connectivity index (χ0) is 16.4. The highest BCUT2D eigenvalue weighted by molar-refractivity contribution is 7.22. The zero-order valence-electron chi connectivity index (χ0n) is 13.4. The highest BCUT2D eigenvalue weighted by Crippen LogP contribution is 2.29. The molecule has 0 spiro atoms. The number of anilines is 1. The summed E-state index contributed by atoms with van der Waals surface area (Å²) in [7, 11) is 0. The summed E-state index contributed by atoms with van der Waals surface area (Å²) in [5.74, 6) is -0.168. The Morgan fingerprint density at radius 1 is 1.09 bits per heavy atom. The second kappa shape index (κ2) is 6.34. The van der Waals surface area contributed by atoms with Gasteiger partial charge in [-0.15, -0.1) is 0 Å². The number of carbonyl (C=O) groups is 1. The van der Waals surface area contributed by atoms with Gasteiger partial charge in [0.1, 0.15) is 0 Å². The number of aryl methyl sites for hydroxylation is 3. The van der Waals surface area contributed by atoms with Crippen LogP contribution in [0.4, 0.5) is 5.13 Å². The Morgan fingerprint density at radius 3 is 2.57 bits per heavy atom. The fraction of sp³-hybridized carbons (Fsp3) is 0.158. The highest BCUT2D eigenvalue weighted by Gasteiger charge is 2.09. The number of benzene rings is 2. The summed E-state index contributed by atoms with van der Waals surface area (Å²) in [4.78, 5) is 16.6. The van der Waals surface area contributed by atoms with Crippen molar-refractivity contribution in [2.45, 2.75) is 20.8 Å². The van der Waals surface area contributed by atoms with Crippen molar-refractivity contribution in [3.8, 4) is 0 Å². The van der Waals surface area contributed by atoms with E-state index < -0.39 is 0 Å². The summed E-state index contributed by atoms with van der Waals surface area (Å²) in [5, 5.41) is 3.47. The van der Waals surface area contributed by atoms with Gasteiger partial charge in [0, 0.05) is 6.08 Å². The van der Waals surface area contributed by atoms with Gasteiger partial charge in [0.25, 0.3) is 0 Å². The number of carbonyl (C=O) groups excluding carboxylic acids is 1. The molecule has 1 heterocycles. The van der Waals surface area contributed by atoms with Gasteiger partial charge in [-0.2, -0.15) is 0 Å². The molecular formula is C19H18N2OS. The van der Waals surface area contributed by atoms with Gasteiger partial charge in [0.15, 0.2) is 5.13 Å². The number of fused-ring (bicyclic) bond motifs is 1. The predicted octanol–water partition coefficient (Wildman–Crippen LogP) is 4.87. The molecule has 116 valence electrons. The van der Waals surface area contributed by atoms with Crippen molar-refractivity contribution in [1.29, 1.82) is 0 Å². The number of hydrogen-bond donors (Lipinski definition) is 1. The van der Waals surface area contributed by atoms with Crippen LogP contribution in [0.25, 0.3) is 16.3 Å². The lowest BCUT2D eigenvalue weighted by molar-refractivity contribution is -0.111. The van der Waals surface area contributed by atoms with E-state index in [1.165, 1.54) is 28.5 Å². The van der Waals surface area contributed by atoms with E-state index in [4.69, 9.17) is 0 Å². The Morgan fingerprint density at radius 2 is 1.83 bits per heavy atom. The van der Waals surface area contributed by atoms with Crippen LogP contribution in [0.5, 0.6) is 0 Å². The number of nitrogens with zero attached hydrogens (tertiary/aromatic N) is 1. The molecule has 23 heavy (non-hydrogen) atoms. The quantitative estimate of drug-likeness (QED) is 0.699. The molecule has 4 heteroatoms. The smallest absolute Gasteiger partial charge is 0.250 e. The Bertz CT molecular complexity index is 892. The number of thiazole rings is 1. The van der Waals surface area contributed by atoms with E-state index in [1.807, 2.05) is 37.3 Å². The van der Waals surface area contributed by atoms with Crippen LogP contribution < -0.4 is 5.32 Å². The van der Waals surface area contributed by atoms with Crippen LogP contribution in [0, 0.1) is 20.8 Å². The molecule has 3 nitrogen and oxygen atoms in total. The molecule has 0 radical (unpaired) electrons. The van der Waals surface area contributed by atoms with Gasteiger partial charge in [-0.1, -0.05) is 47.2 Å². The zero-order valence-corrected chi connectivity index (χ0v) is 14.2. The lowest BCUT2D eigenvalue weighted by Gasteiger charge is -1.98. The summed E-state index contributed by atoms with van der Waals surface area (Å²) in [5.41, 5.74) is 5.54. The first kappa shape index (κ1) is 15.4. The minimum Gasteiger partial charge on any atom is -0.298 e. The topological polar surface area (TPSA) is 42.0 Å². The Hall–Kier alpha value is -2.46. The maximum absolute atomic E-state index is 12.1. The lowest BCUT2D eigenvalue weighted by Crippen LogP contribution is -2.07. The van der Waals surface area contributed by atoms with Crippen molar-refractivity contribution < 1.29 is 4.79 Å². The number of nitrogens with one attached hydrogen (secondary N) is 1. The minimum absolute atomic E-state index is 0.168. The summed E-state index contributed by atoms with van der Waals surface area (Å²) >= 11 is 1.50. The molecule has 3 rings (SSSR count). The largest absolute Gasteiger partial charge is 0.298 e. The Balaban J connectivity index is 1.75. The molecule has 1 amide bonds. The molecule has 0 fully saturated rings. The maximum atomic E-state index is 12.1. The molecular weight excluding hydrogens is 304 g/mol. The average Bonchev–Trinajstić information content (AvgIpc) is 2.94. The molecule has 0 saturated heterocycles. The van der Waals surface area contributed by atoms with Crippen molar-refractivity contribution >= 4 is 38.7 Å². The van der Waals surface area contributed by atoms with Gasteiger partial charge in [-0.3, -0.25) is 10.1 Å². The fourth-order valence-electron chi connectivity index (χ4n) is 2.28. The van der Waals surface area contributed by atoms with E-state index in [1.54, 1.807) is 6.08 Å². The molecule has 2 aromatic carbocycles. The molecule has 3 aromatic rings. The second-order valence-corrected chi connectivity index (χ2v) is 6.64. The van der Waals surface area contributed by atoms with Gasteiger partial charge in [-0.05, 0) is 49.6 Å². The van der Waals surface area contributed by atoms with Gasteiger partial charge in [0.05, 0.1) is 10.2 Å². The molecule has 0 aliphatic rings. The van der Waals surface area contributed by atoms with Crippen molar-refractivity contribution in [2.75, 3.05) is 5.32 Å². The first-order chi connectivity index (χ1) is 11.0. The van der Waals surface area contributed by atoms with Crippen molar-refractivity contribution in [2.24, 2.45) is 0 Å². The monoisotopic (exact) mass is 322 g/mol. The molecule has 1 aromatic heterocycles. The van der Waals surface area contributed by atoms with Gasteiger partial charge >= 0.3 is 0 Å². The molecule has 0 bridgehead atoms. The SMILES string of the molecule is Cc1ccc(/C=C/C(=O)Nc2nc3c(C)c(C)ccc3s2)cc1. The van der Waals surface area contributed by atoms with E-state index >= 15 is 0 Å². The van der Waals surface area contributed by atoms with Crippen molar-refractivity contribution in [3.63, 3.8) is 0 Å². The van der Waals surface area contributed by atoms with E-state index in [2.05, 4.69) is 30.2 Å². The fourth-order valence-corrected chi connectivity index (χ4v) is 3.20. The summed E-state index contributed by atoms with van der Waals surface area (Å²) in [6.45, 7) is 6.16. The number of rotatable bonds is 3. The number of aromatic nitrogens is 1. The number of amides is 1. The van der Waals surface area contributed by atoms with Crippen LogP contribution in [0.15, 0.2) is 42.5 Å². The van der Waals surface area contributed by atoms with Gasteiger partial charge < -0.3 is 0 Å². The minimum atomic E-state index is -0.168. The van der Waals surface area contributed by atoms with Gasteiger partial charge in [0.2, 0.25) is 5.91 Å². The standard InChI is InChI=1S/C19H18N2OS/c1-12-4-7-15(8-5-12)9-11-17(22)20-19-21-18-14(3)13(2)6-10-16(18)23-19/h4-11H,1-3H3,(H,20,21,22)/b11-9+. The third-order valence-corrected chi connectivity index (χ3v) is 4.76. The highest BCUT2D eigenvalue weighted by atomic mass is 32.1. The van der Waals surface area contributed by atoms with E-state index in [0.717, 1.165) is 21.3 Å². The van der Waals surface area contributed by atoms with Crippen LogP contribution >= 0.6 is 11.3 Å². The Kier molecular flexibility index (Phi) is 4.26. The van der Waals surface area contributed by atoms with Gasteiger partial charge in [-0.25, -0.2) is 4.98 Å². The molecule has 0 aliphatic heterocycles. The average molecular weight is 322 g/mol. The molecule has 1 N–H and O–H groups in total. The lowest BCUT2D eigenvalue weighted by atomic mass is 10.1. The molecule has 0 saturated carbocycles. The molecule has 0 atom stereocenters. The normalized spacial score (nSPS) is 11.3. The summed E-state index contributed by atoms with van der Waals surface area (Å²) in [6, 6.07) is 12.2.